The standard InChI is InChI=1S/C13H25BrN2/c1-6-13(5)9-16(8-11(4)14)12(7-15-13)10(2)3/h10,12,15H,4,6-9H2,1-3,5H3. The maximum Gasteiger partial charge on any atom is 0.0298 e. The van der Waals surface area contributed by atoms with E-state index >= 15 is 0 Å². The summed E-state index contributed by atoms with van der Waals surface area (Å²) in [4.78, 5) is 2.56. The fourth-order valence-electron chi connectivity index (χ4n) is 2.39. The first kappa shape index (κ1) is 14.2. The Morgan fingerprint density at radius 2 is 2.25 bits per heavy atom. The number of halogens is 1. The summed E-state index contributed by atoms with van der Waals surface area (Å²) in [5.74, 6) is 0.681. The van der Waals surface area contributed by atoms with Gasteiger partial charge in [-0.2, -0.15) is 0 Å². The highest BCUT2D eigenvalue weighted by Crippen LogP contribution is 2.24. The Balaban J connectivity index is 2.73. The van der Waals surface area contributed by atoms with E-state index in [4.69, 9.17) is 0 Å². The van der Waals surface area contributed by atoms with Crippen molar-refractivity contribution in [3.05, 3.63) is 11.1 Å². The van der Waals surface area contributed by atoms with Gasteiger partial charge in [0.15, 0.2) is 0 Å². The van der Waals surface area contributed by atoms with Gasteiger partial charge in [0, 0.05) is 35.7 Å². The minimum absolute atomic E-state index is 0.258. The van der Waals surface area contributed by atoms with E-state index in [0.717, 1.165) is 24.1 Å². The molecule has 1 saturated heterocycles. The highest BCUT2D eigenvalue weighted by molar-refractivity contribution is 9.11. The van der Waals surface area contributed by atoms with Gasteiger partial charge in [-0.25, -0.2) is 0 Å². The Morgan fingerprint density at radius 3 is 2.69 bits per heavy atom. The lowest BCUT2D eigenvalue weighted by molar-refractivity contribution is 0.0703. The molecule has 1 rings (SSSR count). The van der Waals surface area contributed by atoms with E-state index < -0.39 is 0 Å². The molecule has 1 heterocycles. The zero-order valence-electron chi connectivity index (χ0n) is 11.0. The molecule has 0 aromatic rings. The summed E-state index contributed by atoms with van der Waals surface area (Å²) in [5, 5.41) is 3.69. The predicted octanol–water partition coefficient (Wildman–Crippen LogP) is 2.99. The zero-order valence-corrected chi connectivity index (χ0v) is 12.6. The fourth-order valence-corrected chi connectivity index (χ4v) is 2.71. The average Bonchev–Trinajstić information content (AvgIpc) is 2.16. The minimum atomic E-state index is 0.258. The van der Waals surface area contributed by atoms with Gasteiger partial charge < -0.3 is 5.32 Å². The number of piperazine rings is 1. The van der Waals surface area contributed by atoms with Crippen LogP contribution in [0.4, 0.5) is 0 Å². The van der Waals surface area contributed by atoms with E-state index in [9.17, 15) is 0 Å². The Bertz CT molecular complexity index is 252. The van der Waals surface area contributed by atoms with E-state index in [1.54, 1.807) is 0 Å². The topological polar surface area (TPSA) is 15.3 Å². The SMILES string of the molecule is C=C(Br)CN1CC(C)(CC)NCC1C(C)C. The first-order valence-electron chi connectivity index (χ1n) is 6.20. The Labute approximate surface area is 109 Å². The first-order chi connectivity index (χ1) is 7.38. The van der Waals surface area contributed by atoms with Gasteiger partial charge in [-0.05, 0) is 19.3 Å². The van der Waals surface area contributed by atoms with Gasteiger partial charge in [-0.15, -0.1) is 0 Å². The lowest BCUT2D eigenvalue weighted by atomic mass is 9.90. The summed E-state index contributed by atoms with van der Waals surface area (Å²) < 4.78 is 1.08. The second-order valence-electron chi connectivity index (χ2n) is 5.53. The molecule has 2 unspecified atom stereocenters. The van der Waals surface area contributed by atoms with Crippen molar-refractivity contribution in [3.8, 4) is 0 Å². The molecule has 2 atom stereocenters. The van der Waals surface area contributed by atoms with Crippen LogP contribution in [-0.4, -0.2) is 36.1 Å². The minimum Gasteiger partial charge on any atom is -0.309 e. The number of rotatable bonds is 4. The molecule has 1 aliphatic heterocycles. The molecular weight excluding hydrogens is 264 g/mol. The molecule has 0 amide bonds. The van der Waals surface area contributed by atoms with Gasteiger partial charge >= 0.3 is 0 Å². The summed E-state index contributed by atoms with van der Waals surface area (Å²) in [6.45, 7) is 16.3. The molecule has 16 heavy (non-hydrogen) atoms. The van der Waals surface area contributed by atoms with Gasteiger partial charge in [0.1, 0.15) is 0 Å². The summed E-state index contributed by atoms with van der Waals surface area (Å²) >= 11 is 3.49. The van der Waals surface area contributed by atoms with Crippen molar-refractivity contribution in [3.63, 3.8) is 0 Å². The third-order valence-corrected chi connectivity index (χ3v) is 3.93. The maximum atomic E-state index is 3.97. The maximum absolute atomic E-state index is 3.97. The van der Waals surface area contributed by atoms with E-state index in [0.29, 0.717) is 12.0 Å². The third-order valence-electron chi connectivity index (χ3n) is 3.68. The molecule has 1 aliphatic rings. The zero-order chi connectivity index (χ0) is 12.3. The first-order valence-corrected chi connectivity index (χ1v) is 6.99. The van der Waals surface area contributed by atoms with E-state index in [2.05, 4.69) is 60.4 Å². The van der Waals surface area contributed by atoms with Gasteiger partial charge in [0.2, 0.25) is 0 Å². The van der Waals surface area contributed by atoms with Crippen molar-refractivity contribution in [1.29, 1.82) is 0 Å². The van der Waals surface area contributed by atoms with Gasteiger partial charge in [0.05, 0.1) is 0 Å². The lowest BCUT2D eigenvalue weighted by Crippen LogP contribution is -2.64. The van der Waals surface area contributed by atoms with Crippen molar-refractivity contribution in [1.82, 2.24) is 10.2 Å². The molecule has 1 N–H and O–H groups in total. The van der Waals surface area contributed by atoms with Crippen LogP contribution in [0.15, 0.2) is 11.1 Å². The van der Waals surface area contributed by atoms with Crippen LogP contribution in [-0.2, 0) is 0 Å². The smallest absolute Gasteiger partial charge is 0.0298 e. The monoisotopic (exact) mass is 288 g/mol. The number of nitrogens with one attached hydrogen (secondary N) is 1. The van der Waals surface area contributed by atoms with Crippen LogP contribution >= 0.6 is 15.9 Å². The highest BCUT2D eigenvalue weighted by Gasteiger charge is 2.35. The molecule has 1 fully saturated rings. The van der Waals surface area contributed by atoms with E-state index in [1.807, 2.05) is 0 Å². The Kier molecular flexibility index (Phi) is 5.02. The lowest BCUT2D eigenvalue weighted by Gasteiger charge is -2.47. The highest BCUT2D eigenvalue weighted by atomic mass is 79.9. The molecule has 0 saturated carbocycles. The van der Waals surface area contributed by atoms with Crippen molar-refractivity contribution < 1.29 is 0 Å². The van der Waals surface area contributed by atoms with Crippen LogP contribution in [0.5, 0.6) is 0 Å². The molecule has 0 aromatic carbocycles. The molecule has 3 heteroatoms. The molecule has 2 nitrogen and oxygen atoms in total. The third kappa shape index (κ3) is 3.57. The number of hydrogen-bond donors (Lipinski definition) is 1. The summed E-state index contributed by atoms with van der Waals surface area (Å²) in [6.07, 6.45) is 1.17. The van der Waals surface area contributed by atoms with Gasteiger partial charge in [-0.3, -0.25) is 4.90 Å². The summed E-state index contributed by atoms with van der Waals surface area (Å²) in [5.41, 5.74) is 0.258. The Hall–Kier alpha value is 0.140. The van der Waals surface area contributed by atoms with Crippen LogP contribution in [0.1, 0.15) is 34.1 Å². The van der Waals surface area contributed by atoms with Crippen LogP contribution in [0.25, 0.3) is 0 Å². The number of nitrogens with zero attached hydrogens (tertiary/aromatic N) is 1. The van der Waals surface area contributed by atoms with E-state index in [1.165, 1.54) is 6.42 Å². The molecule has 0 spiro atoms. The molecule has 94 valence electrons. The van der Waals surface area contributed by atoms with Crippen molar-refractivity contribution in [2.24, 2.45) is 5.92 Å². The quantitative estimate of drug-likeness (QED) is 0.856. The summed E-state index contributed by atoms with van der Waals surface area (Å²) in [6, 6.07) is 0.619. The van der Waals surface area contributed by atoms with Crippen LogP contribution in [0.2, 0.25) is 0 Å². The van der Waals surface area contributed by atoms with Gasteiger partial charge in [-0.1, -0.05) is 43.3 Å². The average molecular weight is 289 g/mol. The molecule has 0 aromatic heterocycles. The molecule has 0 aliphatic carbocycles. The van der Waals surface area contributed by atoms with Gasteiger partial charge in [0.25, 0.3) is 0 Å². The van der Waals surface area contributed by atoms with Crippen molar-refractivity contribution in [2.75, 3.05) is 19.6 Å². The molecular formula is C13H25BrN2. The summed E-state index contributed by atoms with van der Waals surface area (Å²) in [7, 11) is 0. The molecule has 0 bridgehead atoms. The van der Waals surface area contributed by atoms with E-state index in [-0.39, 0.29) is 5.54 Å². The fraction of sp³-hybridized carbons (Fsp3) is 0.846. The second-order valence-corrected chi connectivity index (χ2v) is 6.65. The molecule has 0 radical (unpaired) electrons. The normalized spacial score (nSPS) is 32.0. The number of hydrogen-bond acceptors (Lipinski definition) is 2. The van der Waals surface area contributed by atoms with Crippen LogP contribution in [0, 0.1) is 5.92 Å². The van der Waals surface area contributed by atoms with Crippen molar-refractivity contribution >= 4 is 15.9 Å². The van der Waals surface area contributed by atoms with Crippen LogP contribution < -0.4 is 5.32 Å². The predicted molar refractivity (Wildman–Crippen MR) is 75.0 cm³/mol. The second kappa shape index (κ2) is 5.65. The van der Waals surface area contributed by atoms with Crippen molar-refractivity contribution in [2.45, 2.75) is 45.7 Å². The Morgan fingerprint density at radius 1 is 1.62 bits per heavy atom. The van der Waals surface area contributed by atoms with Crippen LogP contribution in [0.3, 0.4) is 0 Å². The largest absolute Gasteiger partial charge is 0.309 e.